The van der Waals surface area contributed by atoms with Gasteiger partial charge in [0.05, 0.1) is 5.56 Å². The van der Waals surface area contributed by atoms with Crippen LogP contribution in [0.4, 0.5) is 13.2 Å². The van der Waals surface area contributed by atoms with Gasteiger partial charge < -0.3 is 14.4 Å². The number of rotatable bonds is 5. The Hall–Kier alpha value is -2.28. The van der Waals surface area contributed by atoms with Gasteiger partial charge in [-0.05, 0) is 55.4 Å². The summed E-state index contributed by atoms with van der Waals surface area (Å²) in [6.45, 7) is 0.834. The fraction of sp³-hybridized carbons (Fsp3) is 0.450. The average molecular weight is 381 g/mol. The Morgan fingerprint density at radius 3 is 2.70 bits per heavy atom. The molecule has 1 N–H and O–H groups in total. The Bertz CT molecular complexity index is 785. The minimum Gasteiger partial charge on any atom is -0.453 e. The maximum absolute atomic E-state index is 13.1. The molecule has 0 bridgehead atoms. The van der Waals surface area contributed by atoms with E-state index >= 15 is 0 Å². The summed E-state index contributed by atoms with van der Waals surface area (Å²) < 4.78 is 44.7. The van der Waals surface area contributed by atoms with Crippen LogP contribution in [0.3, 0.4) is 0 Å². The zero-order valence-corrected chi connectivity index (χ0v) is 14.8. The predicted molar refractivity (Wildman–Crippen MR) is 93.0 cm³/mol. The van der Waals surface area contributed by atoms with Crippen molar-refractivity contribution < 1.29 is 27.5 Å². The minimum atomic E-state index is -4.35. The molecule has 0 radical (unpaired) electrons. The highest BCUT2D eigenvalue weighted by Crippen LogP contribution is 2.33. The van der Waals surface area contributed by atoms with Crippen LogP contribution < -0.4 is 0 Å². The second-order valence-electron chi connectivity index (χ2n) is 6.88. The summed E-state index contributed by atoms with van der Waals surface area (Å²) in [5.41, 5.74) is -0.284. The van der Waals surface area contributed by atoms with Crippen molar-refractivity contribution in [3.05, 3.63) is 59.0 Å². The number of aryl methyl sites for hydroxylation is 1. The number of carbonyl (C=O) groups is 1. The van der Waals surface area contributed by atoms with Crippen LogP contribution in [0.2, 0.25) is 0 Å². The SMILES string of the molecule is O=C(c1ccc(CO)o1)N1CCC[C@@H](CCc2ccccc2C(F)(F)F)C1. The van der Waals surface area contributed by atoms with E-state index in [4.69, 9.17) is 9.52 Å². The monoisotopic (exact) mass is 381 g/mol. The zero-order valence-electron chi connectivity index (χ0n) is 14.8. The van der Waals surface area contributed by atoms with Crippen LogP contribution in [0.5, 0.6) is 0 Å². The van der Waals surface area contributed by atoms with Gasteiger partial charge in [-0.1, -0.05) is 18.2 Å². The van der Waals surface area contributed by atoms with E-state index in [9.17, 15) is 18.0 Å². The second-order valence-corrected chi connectivity index (χ2v) is 6.88. The summed E-state index contributed by atoms with van der Waals surface area (Å²) >= 11 is 0. The van der Waals surface area contributed by atoms with E-state index < -0.39 is 11.7 Å². The highest BCUT2D eigenvalue weighted by Gasteiger charge is 2.33. The van der Waals surface area contributed by atoms with Gasteiger partial charge in [0.1, 0.15) is 12.4 Å². The third-order valence-corrected chi connectivity index (χ3v) is 4.98. The summed E-state index contributed by atoms with van der Waals surface area (Å²) in [6, 6.07) is 8.75. The second kappa shape index (κ2) is 8.17. The van der Waals surface area contributed by atoms with Gasteiger partial charge in [0.2, 0.25) is 0 Å². The number of furan rings is 1. The van der Waals surface area contributed by atoms with Crippen LogP contribution in [0.1, 0.15) is 46.7 Å². The van der Waals surface area contributed by atoms with E-state index in [1.165, 1.54) is 18.2 Å². The molecule has 1 atom stereocenters. The lowest BCUT2D eigenvalue weighted by atomic mass is 9.90. The van der Waals surface area contributed by atoms with Crippen molar-refractivity contribution in [2.45, 2.75) is 38.5 Å². The van der Waals surface area contributed by atoms with Crippen molar-refractivity contribution in [3.8, 4) is 0 Å². The number of piperidine rings is 1. The quantitative estimate of drug-likeness (QED) is 0.841. The highest BCUT2D eigenvalue weighted by molar-refractivity contribution is 5.91. The molecule has 1 aromatic heterocycles. The molecule has 4 nitrogen and oxygen atoms in total. The van der Waals surface area contributed by atoms with Gasteiger partial charge in [-0.2, -0.15) is 13.2 Å². The normalized spacial score (nSPS) is 17.9. The third-order valence-electron chi connectivity index (χ3n) is 4.98. The molecule has 3 rings (SSSR count). The Kier molecular flexibility index (Phi) is 5.89. The smallest absolute Gasteiger partial charge is 0.416 e. The molecule has 1 aliphatic heterocycles. The number of hydrogen-bond acceptors (Lipinski definition) is 3. The lowest BCUT2D eigenvalue weighted by molar-refractivity contribution is -0.138. The lowest BCUT2D eigenvalue weighted by Crippen LogP contribution is -2.40. The summed E-state index contributed by atoms with van der Waals surface area (Å²) in [4.78, 5) is 14.2. The molecule has 0 unspecified atom stereocenters. The van der Waals surface area contributed by atoms with Crippen molar-refractivity contribution in [1.82, 2.24) is 4.90 Å². The molecule has 2 heterocycles. The fourth-order valence-electron chi connectivity index (χ4n) is 3.59. The number of carbonyl (C=O) groups excluding carboxylic acids is 1. The lowest BCUT2D eigenvalue weighted by Gasteiger charge is -2.32. The third kappa shape index (κ3) is 4.71. The van der Waals surface area contributed by atoms with Crippen molar-refractivity contribution in [1.29, 1.82) is 0 Å². The average Bonchev–Trinajstić information content (AvgIpc) is 3.15. The molecule has 146 valence electrons. The van der Waals surface area contributed by atoms with Gasteiger partial charge in [-0.3, -0.25) is 4.79 Å². The van der Waals surface area contributed by atoms with Crippen LogP contribution in [0, 0.1) is 5.92 Å². The summed E-state index contributed by atoms with van der Waals surface area (Å²) in [5, 5.41) is 9.04. The van der Waals surface area contributed by atoms with Gasteiger partial charge >= 0.3 is 6.18 Å². The number of aliphatic hydroxyl groups is 1. The number of likely N-dealkylation sites (tertiary alicyclic amines) is 1. The Balaban J connectivity index is 1.61. The van der Waals surface area contributed by atoms with Crippen LogP contribution in [0.15, 0.2) is 40.8 Å². The first-order chi connectivity index (χ1) is 12.9. The molecule has 1 aliphatic rings. The van der Waals surface area contributed by atoms with Crippen LogP contribution in [-0.4, -0.2) is 29.0 Å². The van der Waals surface area contributed by atoms with Crippen LogP contribution >= 0.6 is 0 Å². The largest absolute Gasteiger partial charge is 0.453 e. The molecule has 7 heteroatoms. The van der Waals surface area contributed by atoms with Crippen molar-refractivity contribution in [2.24, 2.45) is 5.92 Å². The van der Waals surface area contributed by atoms with E-state index in [0.717, 1.165) is 18.9 Å². The molecule has 0 saturated carbocycles. The molecule has 1 saturated heterocycles. The maximum atomic E-state index is 13.1. The van der Waals surface area contributed by atoms with Gasteiger partial charge in [0.25, 0.3) is 5.91 Å². The van der Waals surface area contributed by atoms with Gasteiger partial charge in [0, 0.05) is 13.1 Å². The number of hydrogen-bond donors (Lipinski definition) is 1. The number of halogens is 3. The Labute approximate surface area is 155 Å². The number of benzene rings is 1. The molecule has 2 aromatic rings. The van der Waals surface area contributed by atoms with E-state index in [2.05, 4.69) is 0 Å². The van der Waals surface area contributed by atoms with Crippen molar-refractivity contribution in [3.63, 3.8) is 0 Å². The van der Waals surface area contributed by atoms with E-state index in [-0.39, 0.29) is 24.2 Å². The summed E-state index contributed by atoms with van der Waals surface area (Å²) in [7, 11) is 0. The predicted octanol–water partition coefficient (Wildman–Crippen LogP) is 4.28. The first-order valence-corrected chi connectivity index (χ1v) is 9.02. The van der Waals surface area contributed by atoms with Gasteiger partial charge in [0.15, 0.2) is 5.76 Å². The molecule has 1 aromatic carbocycles. The van der Waals surface area contributed by atoms with Crippen LogP contribution in [0.25, 0.3) is 0 Å². The van der Waals surface area contributed by atoms with E-state index in [1.54, 1.807) is 17.0 Å². The molecule has 0 aliphatic carbocycles. The molecule has 27 heavy (non-hydrogen) atoms. The van der Waals surface area contributed by atoms with Gasteiger partial charge in [-0.15, -0.1) is 0 Å². The number of nitrogens with zero attached hydrogens (tertiary/aromatic N) is 1. The van der Waals surface area contributed by atoms with Crippen molar-refractivity contribution >= 4 is 5.91 Å². The molecule has 0 spiro atoms. The molecule has 1 amide bonds. The summed E-state index contributed by atoms with van der Waals surface area (Å²) in [6.07, 6.45) is -1.73. The number of amides is 1. The minimum absolute atomic E-state index is 0.149. The zero-order chi connectivity index (χ0) is 19.4. The standard InChI is InChI=1S/C20H22F3NO3/c21-20(22,23)17-6-2-1-5-15(17)8-7-14-4-3-11-24(12-14)19(26)18-10-9-16(13-25)27-18/h1-2,5-6,9-10,14,25H,3-4,7-8,11-13H2/t14-/m0/s1. The topological polar surface area (TPSA) is 53.7 Å². The summed E-state index contributed by atoms with van der Waals surface area (Å²) in [5.74, 6) is 0.421. The molecule has 1 fully saturated rings. The fourth-order valence-corrected chi connectivity index (χ4v) is 3.59. The first-order valence-electron chi connectivity index (χ1n) is 9.02. The molecular weight excluding hydrogens is 359 g/mol. The Morgan fingerprint density at radius 1 is 1.22 bits per heavy atom. The molecular formula is C20H22F3NO3. The van der Waals surface area contributed by atoms with Gasteiger partial charge in [-0.25, -0.2) is 0 Å². The number of aliphatic hydroxyl groups excluding tert-OH is 1. The van der Waals surface area contributed by atoms with Crippen LogP contribution in [-0.2, 0) is 19.2 Å². The van der Waals surface area contributed by atoms with Crippen molar-refractivity contribution in [2.75, 3.05) is 13.1 Å². The highest BCUT2D eigenvalue weighted by atomic mass is 19.4. The van der Waals surface area contributed by atoms with E-state index in [1.807, 2.05) is 0 Å². The van der Waals surface area contributed by atoms with E-state index in [0.29, 0.717) is 37.3 Å². The Morgan fingerprint density at radius 2 is 2.00 bits per heavy atom. The maximum Gasteiger partial charge on any atom is 0.416 e. The number of alkyl halides is 3. The first kappa shape index (κ1) is 19.5.